The maximum atomic E-state index is 15.8. The number of carbonyl (C=O) groups is 3. The lowest BCUT2D eigenvalue weighted by Crippen LogP contribution is -2.43. The van der Waals surface area contributed by atoms with Crippen LogP contribution in [0.15, 0.2) is 345 Å². The van der Waals surface area contributed by atoms with Crippen molar-refractivity contribution in [1.29, 1.82) is 0 Å². The number of allylic oxidation sites excluding steroid dienone is 41. The second-order valence-electron chi connectivity index (χ2n) is 39.8. The normalized spacial score (nSPS) is 18.5. The summed E-state index contributed by atoms with van der Waals surface area (Å²) >= 11 is 0. The van der Waals surface area contributed by atoms with Crippen LogP contribution in [0.4, 0.5) is 11.4 Å². The van der Waals surface area contributed by atoms with Crippen molar-refractivity contribution in [3.05, 3.63) is 446 Å². The molecule has 716 valence electrons. The van der Waals surface area contributed by atoms with Crippen molar-refractivity contribution in [2.75, 3.05) is 23.7 Å². The minimum atomic E-state index is -0.804. The van der Waals surface area contributed by atoms with Crippen LogP contribution >= 0.6 is 0 Å². The highest BCUT2D eigenvalue weighted by Crippen LogP contribution is 2.63. The Kier molecular flexibility index (Phi) is 35.4. The van der Waals surface area contributed by atoms with Crippen LogP contribution in [0.5, 0.6) is 0 Å². The van der Waals surface area contributed by atoms with E-state index in [4.69, 9.17) is 6.58 Å². The number of carbonyl (C=O) groups excluding carboxylic acids is 3. The molecule has 5 aliphatic rings. The highest BCUT2D eigenvalue weighted by atomic mass is 16.2. The van der Waals surface area contributed by atoms with E-state index in [1.807, 2.05) is 77.7 Å². The lowest BCUT2D eigenvalue weighted by atomic mass is 9.68. The number of aromatic nitrogens is 3. The Morgan fingerprint density at radius 3 is 1.24 bits per heavy atom. The van der Waals surface area contributed by atoms with Gasteiger partial charge >= 0.3 is 0 Å². The van der Waals surface area contributed by atoms with Gasteiger partial charge in [0.25, 0.3) is 11.8 Å². The van der Waals surface area contributed by atoms with Gasteiger partial charge in [0, 0.05) is 74.6 Å². The zero-order valence-electron chi connectivity index (χ0n) is 86.8. The van der Waals surface area contributed by atoms with Gasteiger partial charge in [0.2, 0.25) is 5.91 Å². The third-order valence-electron chi connectivity index (χ3n) is 28.6. The number of rotatable bonds is 34. The molecular formula is C128H151N7O3. The summed E-state index contributed by atoms with van der Waals surface area (Å²) in [4.78, 5) is 59.0. The third-order valence-corrected chi connectivity index (χ3v) is 28.6. The maximum absolute atomic E-state index is 15.8. The second-order valence-corrected chi connectivity index (χ2v) is 39.8. The third kappa shape index (κ3) is 24.8. The Morgan fingerprint density at radius 1 is 0.442 bits per heavy atom. The van der Waals surface area contributed by atoms with Gasteiger partial charge in [-0.2, -0.15) is 0 Å². The molecule has 8 bridgehead atoms. The van der Waals surface area contributed by atoms with Gasteiger partial charge in [-0.25, -0.2) is 0 Å². The molecule has 0 spiro atoms. The lowest BCUT2D eigenvalue weighted by molar-refractivity contribution is -0.137. The van der Waals surface area contributed by atoms with Crippen molar-refractivity contribution in [2.45, 2.75) is 236 Å². The van der Waals surface area contributed by atoms with Crippen LogP contribution in [0.25, 0.3) is 34.9 Å². The molecule has 3 amide bonds. The van der Waals surface area contributed by atoms with E-state index in [0.717, 1.165) is 154 Å². The summed E-state index contributed by atoms with van der Waals surface area (Å²) in [5.74, 6) is -0.785. The number of fused-ring (bicyclic) bond motifs is 8. The SMILES string of the molecule is C=C1C2=C(c3ccc(C(=O)Nc4ccc(C=CC(C)=CC=CC(C)=CC=CC=C(C)C=CC=C(C)C=CC5=C(C)CCCC5(C)C)cc4)cc3)c3[nH]c(c(CC)c3C)C=c3[nH]c(c(C)c3CC)=C(c3ccc(C(=O)Nc4ccc(C=CC(C)=CC=CC(C)=CC=CC=C(C)C=CC=C(C)C=CC5=C(C)CCCC5(C)C)cc4)cc3)c3[nH]c(c(CC)c3C)C3=C(N2)C1(CCC)C(C(=O)N(CC)CC)C3. The molecule has 4 aromatic carbocycles. The van der Waals surface area contributed by atoms with E-state index in [1.54, 1.807) is 0 Å². The predicted octanol–water partition coefficient (Wildman–Crippen LogP) is 31.3. The first kappa shape index (κ1) is 104. The van der Waals surface area contributed by atoms with E-state index in [1.165, 1.54) is 99.8 Å². The summed E-state index contributed by atoms with van der Waals surface area (Å²) < 4.78 is 0. The molecule has 3 aromatic heterocycles. The summed E-state index contributed by atoms with van der Waals surface area (Å²) in [5.41, 5.74) is 37.9. The van der Waals surface area contributed by atoms with Gasteiger partial charge in [-0.05, 0) is 318 Å². The van der Waals surface area contributed by atoms with Crippen LogP contribution in [0.2, 0.25) is 0 Å². The Labute approximate surface area is 826 Å². The minimum absolute atomic E-state index is 0.115. The summed E-state index contributed by atoms with van der Waals surface area (Å²) in [6, 6.07) is 31.9. The van der Waals surface area contributed by atoms with Crippen LogP contribution < -0.4 is 26.6 Å². The van der Waals surface area contributed by atoms with Gasteiger partial charge in [-0.3, -0.25) is 14.4 Å². The van der Waals surface area contributed by atoms with Crippen LogP contribution in [-0.2, 0) is 24.1 Å². The van der Waals surface area contributed by atoms with Gasteiger partial charge in [0.05, 0.1) is 28.4 Å². The van der Waals surface area contributed by atoms with Crippen molar-refractivity contribution in [2.24, 2.45) is 22.2 Å². The van der Waals surface area contributed by atoms with Crippen molar-refractivity contribution < 1.29 is 14.4 Å². The highest BCUT2D eigenvalue weighted by molar-refractivity contribution is 6.06. The Bertz CT molecular complexity index is 6630. The molecule has 7 aromatic rings. The molecule has 2 unspecified atom stereocenters. The van der Waals surface area contributed by atoms with Crippen LogP contribution in [0.3, 0.4) is 0 Å². The zero-order chi connectivity index (χ0) is 99.3. The predicted molar refractivity (Wildman–Crippen MR) is 591 cm³/mol. The average molecular weight is 1840 g/mol. The molecule has 1 saturated heterocycles. The van der Waals surface area contributed by atoms with Gasteiger partial charge in [0.1, 0.15) is 0 Å². The van der Waals surface area contributed by atoms with Gasteiger partial charge < -0.3 is 35.8 Å². The number of anilines is 2. The van der Waals surface area contributed by atoms with Crippen molar-refractivity contribution in [1.82, 2.24) is 25.2 Å². The molecule has 1 fully saturated rings. The molecule has 138 heavy (non-hydrogen) atoms. The number of amides is 3. The monoisotopic (exact) mass is 1830 g/mol. The number of hydrogen-bond acceptors (Lipinski definition) is 4. The molecule has 3 aliphatic carbocycles. The van der Waals surface area contributed by atoms with Crippen LogP contribution in [0.1, 0.15) is 295 Å². The molecule has 2 aliphatic heterocycles. The van der Waals surface area contributed by atoms with Crippen molar-refractivity contribution in [3.8, 4) is 0 Å². The molecule has 12 rings (SSSR count). The number of nitrogens with one attached hydrogen (secondary N) is 6. The average Bonchev–Trinajstić information content (AvgIpc) is 1.53. The van der Waals surface area contributed by atoms with Gasteiger partial charge in [-0.15, -0.1) is 0 Å². The van der Waals surface area contributed by atoms with Crippen molar-refractivity contribution >= 4 is 64.0 Å². The summed E-state index contributed by atoms with van der Waals surface area (Å²) in [6.45, 7) is 57.1. The molecule has 10 heteroatoms. The summed E-state index contributed by atoms with van der Waals surface area (Å²) in [5, 5.41) is 12.6. The van der Waals surface area contributed by atoms with E-state index >= 15 is 4.79 Å². The molecule has 0 saturated carbocycles. The first-order chi connectivity index (χ1) is 66.1. The van der Waals surface area contributed by atoms with Gasteiger partial charge in [0.15, 0.2) is 0 Å². The summed E-state index contributed by atoms with van der Waals surface area (Å²) in [7, 11) is 0. The molecular weight excluding hydrogens is 1680 g/mol. The largest absolute Gasteiger partial charge is 0.357 e. The molecule has 2 atom stereocenters. The van der Waals surface area contributed by atoms with Crippen LogP contribution in [-0.4, -0.2) is 50.7 Å². The van der Waals surface area contributed by atoms with E-state index in [-0.39, 0.29) is 28.6 Å². The van der Waals surface area contributed by atoms with Crippen LogP contribution in [0, 0.1) is 42.9 Å². The quantitative estimate of drug-likeness (QED) is 0.0224. The number of nitrogens with zero attached hydrogens (tertiary/aromatic N) is 1. The minimum Gasteiger partial charge on any atom is -0.357 e. The Hall–Kier alpha value is -13.3. The van der Waals surface area contributed by atoms with E-state index in [0.29, 0.717) is 48.4 Å². The fourth-order valence-electron chi connectivity index (χ4n) is 20.7. The first-order valence-corrected chi connectivity index (χ1v) is 50.4. The molecule has 6 N–H and O–H groups in total. The summed E-state index contributed by atoms with van der Waals surface area (Å²) in [6.07, 6.45) is 73.8. The Balaban J connectivity index is 0.768. The number of H-pyrrole nitrogens is 3. The maximum Gasteiger partial charge on any atom is 0.255 e. The second kappa shape index (κ2) is 47.2. The first-order valence-electron chi connectivity index (χ1n) is 50.4. The van der Waals surface area contributed by atoms with E-state index in [9.17, 15) is 9.59 Å². The fourth-order valence-corrected chi connectivity index (χ4v) is 20.7. The smallest absolute Gasteiger partial charge is 0.255 e. The number of benzene rings is 4. The molecule has 0 radical (unpaired) electrons. The topological polar surface area (TPSA) is 138 Å². The standard InChI is InChI=1S/C128H151N7O3/c1-25-79-128-97(20)120-116(101-67-71-103(72-68-101)124(137)130-105-75-63-99(64-76-105)60-56-89(12)50-36-46-85(8)42-32-34-44-87(10)48-38-52-91(14)58-78-111-93(16)54-40-81-127(111,23)24)118-95(18)107(27-3)114(132-118)83-113-106(26-2)94(17)117(131-113)115(119-96(19)108(28-4)121(133-119)109(122(128)134-120)82-112(128)125(138)135(29-5)30-6)100-65-69-102(70-66-100)123(136)129-104-73-61-98(62-74-104)59-55-88(11)49-35-45-84(7)41-31-33-43-86(9)47-37-51-90(13)57-77-110-92(15)53-39-80-126(110,21)22/h31-38,41-52,55-78,83,112,131-134H,20,25-30,39-40,53-54,79-82H2,1-19,21-24H3,(H,129,136)(H,130,137). The number of aromatic amines is 3. The molecule has 10 nitrogen and oxygen atoms in total. The van der Waals surface area contributed by atoms with Gasteiger partial charge in [-0.1, -0.05) is 343 Å². The highest BCUT2D eigenvalue weighted by Gasteiger charge is 2.59. The van der Waals surface area contributed by atoms with E-state index in [2.05, 4.69) is 391 Å². The lowest BCUT2D eigenvalue weighted by Gasteiger charge is -2.36. The Morgan fingerprint density at radius 2 is 0.833 bits per heavy atom. The number of hydrogen-bond donors (Lipinski definition) is 6. The van der Waals surface area contributed by atoms with Crippen molar-refractivity contribution in [3.63, 3.8) is 0 Å². The van der Waals surface area contributed by atoms with E-state index < -0.39 is 11.3 Å². The zero-order valence-corrected chi connectivity index (χ0v) is 86.8. The molecule has 5 heterocycles. The fraction of sp³-hybridized carbons (Fsp3) is 0.320.